The second kappa shape index (κ2) is 7.71. The third kappa shape index (κ3) is 4.10. The fourth-order valence-corrected chi connectivity index (χ4v) is 4.13. The standard InChI is InChI=1S/C22H23F3N2O2/c1-14(15-6-8-16(23)9-7-15)21(28)26-18-12-29-19-5-3-2-4-17(19)20(18)27-11-10-22(24,25)13-27/h2-9,14,18,20H,10-13H2,1H3,(H,26,28)/t14-,18+,20+/m0/s1. The maximum atomic E-state index is 13.9. The van der Waals surface area contributed by atoms with E-state index in [1.807, 2.05) is 24.3 Å². The van der Waals surface area contributed by atoms with Gasteiger partial charge < -0.3 is 10.1 Å². The van der Waals surface area contributed by atoms with Crippen molar-refractivity contribution >= 4 is 5.91 Å². The fourth-order valence-electron chi connectivity index (χ4n) is 4.13. The highest BCUT2D eigenvalue weighted by Crippen LogP contribution is 2.40. The number of nitrogens with one attached hydrogen (secondary N) is 1. The Hall–Kier alpha value is -2.54. The number of benzene rings is 2. The van der Waals surface area contributed by atoms with E-state index in [0.29, 0.717) is 11.3 Å². The Kier molecular flexibility index (Phi) is 5.25. The molecule has 4 nitrogen and oxygen atoms in total. The molecule has 2 aliphatic rings. The molecule has 154 valence electrons. The van der Waals surface area contributed by atoms with E-state index >= 15 is 0 Å². The summed E-state index contributed by atoms with van der Waals surface area (Å²) in [7, 11) is 0. The molecule has 0 spiro atoms. The largest absolute Gasteiger partial charge is 0.491 e. The highest BCUT2D eigenvalue weighted by molar-refractivity contribution is 5.83. The molecule has 1 fully saturated rings. The third-order valence-corrected chi connectivity index (χ3v) is 5.72. The number of ether oxygens (including phenoxy) is 1. The Balaban J connectivity index is 1.56. The zero-order valence-electron chi connectivity index (χ0n) is 16.1. The summed E-state index contributed by atoms with van der Waals surface area (Å²) in [5, 5.41) is 2.98. The first kappa shape index (κ1) is 19.8. The van der Waals surface area contributed by atoms with Gasteiger partial charge in [-0.15, -0.1) is 0 Å². The van der Waals surface area contributed by atoms with Crippen LogP contribution in [-0.4, -0.2) is 42.5 Å². The number of fused-ring (bicyclic) bond motifs is 1. The Morgan fingerprint density at radius 1 is 1.21 bits per heavy atom. The van der Waals surface area contributed by atoms with Gasteiger partial charge >= 0.3 is 0 Å². The molecule has 29 heavy (non-hydrogen) atoms. The lowest BCUT2D eigenvalue weighted by molar-refractivity contribution is -0.124. The highest BCUT2D eigenvalue weighted by Gasteiger charge is 2.45. The minimum Gasteiger partial charge on any atom is -0.491 e. The van der Waals surface area contributed by atoms with Crippen molar-refractivity contribution < 1.29 is 22.7 Å². The van der Waals surface area contributed by atoms with Crippen LogP contribution in [-0.2, 0) is 4.79 Å². The van der Waals surface area contributed by atoms with Gasteiger partial charge in [0.2, 0.25) is 5.91 Å². The van der Waals surface area contributed by atoms with Crippen LogP contribution in [0.5, 0.6) is 5.75 Å². The van der Waals surface area contributed by atoms with Crippen molar-refractivity contribution in [1.82, 2.24) is 10.2 Å². The number of nitrogens with zero attached hydrogens (tertiary/aromatic N) is 1. The number of carbonyl (C=O) groups is 1. The average molecular weight is 404 g/mol. The molecule has 2 aromatic carbocycles. The Labute approximate surface area is 167 Å². The van der Waals surface area contributed by atoms with Crippen LogP contribution in [0.3, 0.4) is 0 Å². The predicted molar refractivity (Wildman–Crippen MR) is 103 cm³/mol. The van der Waals surface area contributed by atoms with Crippen molar-refractivity contribution in [1.29, 1.82) is 0 Å². The van der Waals surface area contributed by atoms with E-state index in [0.717, 1.165) is 5.56 Å². The number of para-hydroxylation sites is 1. The van der Waals surface area contributed by atoms with E-state index in [1.54, 1.807) is 24.0 Å². The van der Waals surface area contributed by atoms with Gasteiger partial charge in [0.05, 0.1) is 24.5 Å². The van der Waals surface area contributed by atoms with Gasteiger partial charge in [-0.2, -0.15) is 0 Å². The Morgan fingerprint density at radius 3 is 2.62 bits per heavy atom. The number of hydrogen-bond donors (Lipinski definition) is 1. The van der Waals surface area contributed by atoms with Gasteiger partial charge in [-0.1, -0.05) is 30.3 Å². The van der Waals surface area contributed by atoms with Crippen molar-refractivity contribution in [3.8, 4) is 5.75 Å². The number of likely N-dealkylation sites (tertiary alicyclic amines) is 1. The molecule has 0 aliphatic carbocycles. The lowest BCUT2D eigenvalue weighted by Crippen LogP contribution is -2.52. The Bertz CT molecular complexity index is 888. The second-order valence-corrected chi connectivity index (χ2v) is 7.76. The van der Waals surface area contributed by atoms with Crippen LogP contribution in [0.2, 0.25) is 0 Å². The van der Waals surface area contributed by atoms with Crippen LogP contribution in [0.1, 0.15) is 36.4 Å². The fraction of sp³-hybridized carbons (Fsp3) is 0.409. The molecule has 7 heteroatoms. The first-order chi connectivity index (χ1) is 13.8. The molecular formula is C22H23F3N2O2. The third-order valence-electron chi connectivity index (χ3n) is 5.72. The first-order valence-corrected chi connectivity index (χ1v) is 9.73. The van der Waals surface area contributed by atoms with Crippen LogP contribution >= 0.6 is 0 Å². The number of alkyl halides is 2. The highest BCUT2D eigenvalue weighted by atomic mass is 19.3. The van der Waals surface area contributed by atoms with Gasteiger partial charge in [-0.3, -0.25) is 9.69 Å². The molecule has 1 saturated heterocycles. The summed E-state index contributed by atoms with van der Waals surface area (Å²) in [6.07, 6.45) is -0.195. The SMILES string of the molecule is C[C@H](C(=O)N[C@@H]1COc2ccccc2[C@H]1N1CCC(F)(F)C1)c1ccc(F)cc1. The summed E-state index contributed by atoms with van der Waals surface area (Å²) in [5.74, 6) is -3.20. The lowest BCUT2D eigenvalue weighted by Gasteiger charge is -2.39. The molecule has 2 heterocycles. The molecule has 0 radical (unpaired) electrons. The van der Waals surface area contributed by atoms with E-state index in [1.165, 1.54) is 12.1 Å². The summed E-state index contributed by atoms with van der Waals surface area (Å²) in [6, 6.07) is 12.3. The van der Waals surface area contributed by atoms with E-state index in [9.17, 15) is 18.0 Å². The van der Waals surface area contributed by atoms with E-state index in [-0.39, 0.29) is 37.8 Å². The monoisotopic (exact) mass is 404 g/mol. The maximum absolute atomic E-state index is 13.9. The lowest BCUT2D eigenvalue weighted by atomic mass is 9.93. The minimum atomic E-state index is -2.73. The predicted octanol–water partition coefficient (Wildman–Crippen LogP) is 3.89. The molecule has 3 atom stereocenters. The van der Waals surface area contributed by atoms with Crippen LogP contribution in [0.15, 0.2) is 48.5 Å². The number of carbonyl (C=O) groups excluding carboxylic acids is 1. The first-order valence-electron chi connectivity index (χ1n) is 9.73. The Morgan fingerprint density at radius 2 is 1.93 bits per heavy atom. The van der Waals surface area contributed by atoms with Gasteiger partial charge in [0.25, 0.3) is 5.92 Å². The van der Waals surface area contributed by atoms with Crippen LogP contribution in [0.4, 0.5) is 13.2 Å². The van der Waals surface area contributed by atoms with Crippen LogP contribution in [0, 0.1) is 5.82 Å². The molecule has 2 aromatic rings. The number of rotatable bonds is 4. The maximum Gasteiger partial charge on any atom is 0.261 e. The quantitative estimate of drug-likeness (QED) is 0.841. The van der Waals surface area contributed by atoms with Gasteiger partial charge in [0.1, 0.15) is 18.2 Å². The van der Waals surface area contributed by atoms with Crippen LogP contribution < -0.4 is 10.1 Å². The van der Waals surface area contributed by atoms with E-state index in [4.69, 9.17) is 4.74 Å². The number of halogens is 3. The van der Waals surface area contributed by atoms with Gasteiger partial charge in [-0.25, -0.2) is 13.2 Å². The van der Waals surface area contributed by atoms with Gasteiger partial charge in [-0.05, 0) is 30.7 Å². The number of hydrogen-bond acceptors (Lipinski definition) is 3. The minimum absolute atomic E-state index is 0.195. The molecule has 1 amide bonds. The summed E-state index contributed by atoms with van der Waals surface area (Å²) < 4.78 is 46.8. The summed E-state index contributed by atoms with van der Waals surface area (Å²) in [6.45, 7) is 1.85. The molecule has 2 aliphatic heterocycles. The molecule has 0 bridgehead atoms. The van der Waals surface area contributed by atoms with Crippen molar-refractivity contribution in [2.24, 2.45) is 0 Å². The van der Waals surface area contributed by atoms with Gasteiger partial charge in [0, 0.05) is 18.5 Å². The number of amides is 1. The smallest absolute Gasteiger partial charge is 0.261 e. The van der Waals surface area contributed by atoms with Crippen LogP contribution in [0.25, 0.3) is 0 Å². The van der Waals surface area contributed by atoms with Gasteiger partial charge in [0.15, 0.2) is 0 Å². The van der Waals surface area contributed by atoms with E-state index in [2.05, 4.69) is 5.32 Å². The van der Waals surface area contributed by atoms with Crippen molar-refractivity contribution in [2.75, 3.05) is 19.7 Å². The zero-order chi connectivity index (χ0) is 20.6. The van der Waals surface area contributed by atoms with Crippen molar-refractivity contribution in [2.45, 2.75) is 37.3 Å². The van der Waals surface area contributed by atoms with Crippen molar-refractivity contribution in [3.63, 3.8) is 0 Å². The molecule has 1 N–H and O–H groups in total. The summed E-state index contributed by atoms with van der Waals surface area (Å²) >= 11 is 0. The normalized spacial score (nSPS) is 24.4. The zero-order valence-corrected chi connectivity index (χ0v) is 16.1. The second-order valence-electron chi connectivity index (χ2n) is 7.76. The van der Waals surface area contributed by atoms with E-state index < -0.39 is 23.9 Å². The molecule has 4 rings (SSSR count). The molecular weight excluding hydrogens is 381 g/mol. The topological polar surface area (TPSA) is 41.6 Å². The molecule has 0 unspecified atom stereocenters. The molecule has 0 saturated carbocycles. The van der Waals surface area contributed by atoms with Crippen molar-refractivity contribution in [3.05, 3.63) is 65.5 Å². The average Bonchev–Trinajstić information content (AvgIpc) is 3.07. The summed E-state index contributed by atoms with van der Waals surface area (Å²) in [5.41, 5.74) is 1.49. The molecule has 0 aromatic heterocycles. The summed E-state index contributed by atoms with van der Waals surface area (Å²) in [4.78, 5) is 14.6.